The molecule has 0 aromatic carbocycles. The van der Waals surface area contributed by atoms with Crippen LogP contribution in [0.15, 0.2) is 0 Å². The summed E-state index contributed by atoms with van der Waals surface area (Å²) in [5.74, 6) is 0. The summed E-state index contributed by atoms with van der Waals surface area (Å²) in [5.41, 5.74) is 0. The SMILES string of the molecule is O=[15N+]([O-])[O-].[15NH4+]. The lowest BCUT2D eigenvalue weighted by Crippen LogP contribution is -1.74. The Balaban J connectivity index is 0. The summed E-state index contributed by atoms with van der Waals surface area (Å²) in [7, 11) is 0. The van der Waals surface area contributed by atoms with E-state index < -0.39 is 5.09 Å². The van der Waals surface area contributed by atoms with Gasteiger partial charge in [-0.3, -0.25) is 0 Å². The molecular formula is H4N2O3. The summed E-state index contributed by atoms with van der Waals surface area (Å²) in [6, 6.07) is 0. The average molecular weight is 82.0 g/mol. The van der Waals surface area contributed by atoms with Crippen LogP contribution in [0.3, 0.4) is 0 Å². The highest BCUT2D eigenvalue weighted by molar-refractivity contribution is 4.03. The van der Waals surface area contributed by atoms with Crippen molar-refractivity contribution in [3.8, 4) is 0 Å². The third-order valence-corrected chi connectivity index (χ3v) is 0. The van der Waals surface area contributed by atoms with E-state index in [1.807, 2.05) is 0 Å². The standard InChI is InChI=1S/NO3.H3N/c2-1(3)4;/h;1H3/q-1;/p+1/i2*1+1. The largest absolute Gasteiger partial charge is 0.369 e. The summed E-state index contributed by atoms with van der Waals surface area (Å²) in [4.78, 5) is 8.25. The Morgan fingerprint density at radius 1 is 1.40 bits per heavy atom. The topological polar surface area (TPSA) is 103 Å². The molecule has 0 bridgehead atoms. The fourth-order valence-corrected chi connectivity index (χ4v) is 0. The molecule has 5 heteroatoms. The van der Waals surface area contributed by atoms with Crippen LogP contribution >= 0.6 is 0 Å². The molecule has 0 saturated heterocycles. The predicted octanol–water partition coefficient (Wildman–Crippen LogP) is 0.137. The molecule has 5 nitrogen and oxygen atoms in total. The van der Waals surface area contributed by atoms with Crippen molar-refractivity contribution in [1.82, 2.24) is 6.15 Å². The van der Waals surface area contributed by atoms with E-state index in [2.05, 4.69) is 0 Å². The van der Waals surface area contributed by atoms with Gasteiger partial charge in [0, 0.05) is 0 Å². The Morgan fingerprint density at radius 3 is 1.40 bits per heavy atom. The number of hydrogen-bond donors (Lipinski definition) is 1. The second kappa shape index (κ2) is 3.16. The lowest BCUT2D eigenvalue weighted by molar-refractivity contribution is -0.402. The van der Waals surface area contributed by atoms with Gasteiger partial charge in [-0.05, 0) is 0 Å². The van der Waals surface area contributed by atoms with Gasteiger partial charge < -0.3 is 21.5 Å². The van der Waals surface area contributed by atoms with Crippen LogP contribution in [0.4, 0.5) is 0 Å². The van der Waals surface area contributed by atoms with Crippen LogP contribution in [-0.2, 0) is 0 Å². The third kappa shape index (κ3) is 6.03. The van der Waals surface area contributed by atoms with Crippen LogP contribution in [0.1, 0.15) is 0 Å². The molecule has 0 aromatic heterocycles. The first kappa shape index (κ1) is 8.90. The molecule has 0 aliphatic rings. The fraction of sp³-hybridized carbons (Fsp3) is 0. The zero-order chi connectivity index (χ0) is 3.58. The average Bonchev–Trinajstić information content (AvgIpc) is 0.811. The minimum atomic E-state index is -1.75. The van der Waals surface area contributed by atoms with Gasteiger partial charge in [-0.15, -0.1) is 0 Å². The van der Waals surface area contributed by atoms with Crippen LogP contribution in [0, 0.1) is 15.3 Å². The predicted molar refractivity (Wildman–Crippen MR) is 16.3 cm³/mol. The molecule has 0 heterocycles. The number of hydrogen-bond acceptors (Lipinski definition) is 3. The molecule has 5 heavy (non-hydrogen) atoms. The Bertz CT molecular complexity index is 27.9. The van der Waals surface area contributed by atoms with E-state index in [0.29, 0.717) is 0 Å². The monoisotopic (exact) mass is 82.0 g/mol. The van der Waals surface area contributed by atoms with Crippen LogP contribution < -0.4 is 6.15 Å². The minimum absolute atomic E-state index is 0. The number of rotatable bonds is 0. The van der Waals surface area contributed by atoms with E-state index in [4.69, 9.17) is 15.3 Å². The third-order valence-electron chi connectivity index (χ3n) is 0. The number of quaternary nitrogens is 1. The van der Waals surface area contributed by atoms with E-state index in [1.165, 1.54) is 0 Å². The molecule has 0 amide bonds. The van der Waals surface area contributed by atoms with Crippen LogP contribution in [-0.4, -0.2) is 5.09 Å². The van der Waals surface area contributed by atoms with Gasteiger partial charge in [0.15, 0.2) is 0 Å². The molecule has 0 fully saturated rings. The molecule has 0 aliphatic heterocycles. The van der Waals surface area contributed by atoms with Gasteiger partial charge in [-0.25, -0.2) is 0 Å². The lowest BCUT2D eigenvalue weighted by Gasteiger charge is -1.74. The molecule has 4 N–H and O–H groups in total. The first-order chi connectivity index (χ1) is 1.73. The summed E-state index contributed by atoms with van der Waals surface area (Å²) in [6.45, 7) is 0. The van der Waals surface area contributed by atoms with Gasteiger partial charge >= 0.3 is 0 Å². The van der Waals surface area contributed by atoms with E-state index in [9.17, 15) is 0 Å². The Labute approximate surface area is 27.9 Å². The van der Waals surface area contributed by atoms with E-state index >= 15 is 0 Å². The first-order valence-corrected chi connectivity index (χ1v) is 0.548. The zero-order valence-corrected chi connectivity index (χ0v) is 2.67. The van der Waals surface area contributed by atoms with Crippen LogP contribution in [0.5, 0.6) is 0 Å². The van der Waals surface area contributed by atoms with Crippen molar-refractivity contribution >= 4 is 0 Å². The highest BCUT2D eigenvalue weighted by Crippen LogP contribution is 1.44. The molecule has 0 radical (unpaired) electrons. The highest BCUT2D eigenvalue weighted by Gasteiger charge is 1.45. The van der Waals surface area contributed by atoms with Crippen molar-refractivity contribution in [1.29, 1.82) is 0 Å². The van der Waals surface area contributed by atoms with E-state index in [0.717, 1.165) is 0 Å². The van der Waals surface area contributed by atoms with E-state index in [-0.39, 0.29) is 6.15 Å². The minimum Gasteiger partial charge on any atom is -0.369 e. The van der Waals surface area contributed by atoms with Crippen molar-refractivity contribution in [2.75, 3.05) is 0 Å². The summed E-state index contributed by atoms with van der Waals surface area (Å²) < 4.78 is 0. The van der Waals surface area contributed by atoms with E-state index in [1.54, 1.807) is 0 Å². The highest BCUT2D eigenvalue weighted by atomic mass is 17.2. The zero-order valence-electron chi connectivity index (χ0n) is 2.67. The summed E-state index contributed by atoms with van der Waals surface area (Å²) in [6.07, 6.45) is 0. The second-order valence-corrected chi connectivity index (χ2v) is 0.224. The first-order valence-electron chi connectivity index (χ1n) is 0.548. The smallest absolute Gasteiger partial charge is 0.0689 e. The normalized spacial score (nSPS) is 4.80. The molecule has 0 unspecified atom stereocenters. The Hall–Kier alpha value is -0.840. The van der Waals surface area contributed by atoms with Gasteiger partial charge in [0.05, 0.1) is 5.09 Å². The molecule has 0 rings (SSSR count). The lowest BCUT2D eigenvalue weighted by atomic mass is 13.8. The second-order valence-electron chi connectivity index (χ2n) is 0.224. The van der Waals surface area contributed by atoms with Crippen molar-refractivity contribution in [3.63, 3.8) is 0 Å². The van der Waals surface area contributed by atoms with Crippen molar-refractivity contribution in [3.05, 3.63) is 15.3 Å². The quantitative estimate of drug-likeness (QED) is 0.255. The van der Waals surface area contributed by atoms with Crippen molar-refractivity contribution < 1.29 is 5.09 Å². The maximum Gasteiger partial charge on any atom is 0.0689 e. The van der Waals surface area contributed by atoms with Gasteiger partial charge in [-0.2, -0.15) is 0 Å². The van der Waals surface area contributed by atoms with Crippen molar-refractivity contribution in [2.24, 2.45) is 0 Å². The Kier molecular flexibility index (Phi) is 5.63. The summed E-state index contributed by atoms with van der Waals surface area (Å²) in [5, 5.41) is 14.8. The maximum atomic E-state index is 8.25. The fourth-order valence-electron chi connectivity index (χ4n) is 0. The molecule has 32 valence electrons. The van der Waals surface area contributed by atoms with Gasteiger partial charge in [0.25, 0.3) is 0 Å². The van der Waals surface area contributed by atoms with Crippen LogP contribution in [0.2, 0.25) is 0 Å². The maximum absolute atomic E-state index is 8.25. The molecule has 0 atom stereocenters. The molecular weight excluding hydrogens is 78.0 g/mol. The van der Waals surface area contributed by atoms with Gasteiger partial charge in [0.2, 0.25) is 0 Å². The van der Waals surface area contributed by atoms with Crippen LogP contribution in [0.25, 0.3) is 0 Å². The molecule has 0 spiro atoms. The molecule has 0 saturated carbocycles. The van der Waals surface area contributed by atoms with Gasteiger partial charge in [-0.1, -0.05) is 0 Å². The number of nitrogens with zero attached hydrogens (tertiary/aromatic N) is 1. The molecule has 0 aromatic rings. The molecule has 0 aliphatic carbocycles. The van der Waals surface area contributed by atoms with Crippen molar-refractivity contribution in [2.45, 2.75) is 0 Å². The summed E-state index contributed by atoms with van der Waals surface area (Å²) >= 11 is 0. The Morgan fingerprint density at radius 2 is 1.40 bits per heavy atom. The van der Waals surface area contributed by atoms with Gasteiger partial charge in [0.1, 0.15) is 0 Å².